The van der Waals surface area contributed by atoms with Gasteiger partial charge in [-0.05, 0) is 18.9 Å². The predicted octanol–water partition coefficient (Wildman–Crippen LogP) is 1.53. The molecule has 0 bridgehead atoms. The van der Waals surface area contributed by atoms with E-state index < -0.39 is 22.5 Å². The Morgan fingerprint density at radius 3 is 2.37 bits per heavy atom. The van der Waals surface area contributed by atoms with E-state index in [9.17, 15) is 19.7 Å². The van der Waals surface area contributed by atoms with Crippen LogP contribution in [0.3, 0.4) is 0 Å². The molecule has 0 unspecified atom stereocenters. The van der Waals surface area contributed by atoms with Crippen molar-refractivity contribution in [3.63, 3.8) is 0 Å². The van der Waals surface area contributed by atoms with Crippen molar-refractivity contribution in [1.29, 1.82) is 0 Å². The van der Waals surface area contributed by atoms with Gasteiger partial charge >= 0.3 is 5.97 Å². The lowest BCUT2D eigenvalue weighted by molar-refractivity contribution is -0.384. The molecule has 1 amide bonds. The number of hydrogen-bond donors (Lipinski definition) is 1. The first-order valence-corrected chi connectivity index (χ1v) is 5.70. The molecule has 0 radical (unpaired) electrons. The number of nitro benzene ring substituents is 1. The van der Waals surface area contributed by atoms with Gasteiger partial charge in [-0.2, -0.15) is 0 Å². The van der Waals surface area contributed by atoms with E-state index in [0.717, 1.165) is 31.0 Å². The third-order valence-corrected chi connectivity index (χ3v) is 3.04. The molecule has 1 aliphatic carbocycles. The van der Waals surface area contributed by atoms with E-state index in [2.05, 4.69) is 0 Å². The molecule has 2 rings (SSSR count). The Labute approximate surface area is 108 Å². The van der Waals surface area contributed by atoms with Gasteiger partial charge in [0.25, 0.3) is 11.6 Å². The lowest BCUT2D eigenvalue weighted by atomic mass is 10.1. The number of carboxylic acid groups (broad SMARTS) is 1. The molecule has 7 heteroatoms. The van der Waals surface area contributed by atoms with Crippen molar-refractivity contribution < 1.29 is 19.6 Å². The summed E-state index contributed by atoms with van der Waals surface area (Å²) in [5, 5.41) is 19.7. The second kappa shape index (κ2) is 4.68. The summed E-state index contributed by atoms with van der Waals surface area (Å²) in [6.07, 6.45) is 1.81. The number of carbonyl (C=O) groups excluding carboxylic acids is 1. The number of nitrogens with zero attached hydrogens (tertiary/aromatic N) is 2. The van der Waals surface area contributed by atoms with Gasteiger partial charge in [0, 0.05) is 30.8 Å². The molecule has 1 aromatic rings. The summed E-state index contributed by atoms with van der Waals surface area (Å²) in [5.74, 6) is -1.69. The van der Waals surface area contributed by atoms with Crippen molar-refractivity contribution in [3.05, 3.63) is 39.4 Å². The summed E-state index contributed by atoms with van der Waals surface area (Å²) < 4.78 is 0. The minimum atomic E-state index is -1.30. The van der Waals surface area contributed by atoms with Crippen molar-refractivity contribution in [2.24, 2.45) is 0 Å². The standard InChI is InChI=1S/C12H12N2O5/c1-13(9-2-3-9)11(15)7-4-8(12(16)17)6-10(5-7)14(18)19/h4-6,9H,2-3H2,1H3,(H,16,17). The molecular weight excluding hydrogens is 252 g/mol. The molecule has 1 aromatic carbocycles. The molecule has 1 saturated carbocycles. The van der Waals surface area contributed by atoms with E-state index >= 15 is 0 Å². The number of hydrogen-bond acceptors (Lipinski definition) is 4. The minimum Gasteiger partial charge on any atom is -0.478 e. The zero-order chi connectivity index (χ0) is 14.2. The Bertz CT molecular complexity index is 533. The zero-order valence-corrected chi connectivity index (χ0v) is 10.2. The fourth-order valence-corrected chi connectivity index (χ4v) is 1.79. The summed E-state index contributed by atoms with van der Waals surface area (Å²) in [7, 11) is 1.61. The van der Waals surface area contributed by atoms with Crippen LogP contribution in [0.2, 0.25) is 0 Å². The normalized spacial score (nSPS) is 13.9. The van der Waals surface area contributed by atoms with Crippen LogP contribution in [0.1, 0.15) is 33.6 Å². The third kappa shape index (κ3) is 2.70. The molecule has 0 aliphatic heterocycles. The smallest absolute Gasteiger partial charge is 0.335 e. The molecule has 0 heterocycles. The van der Waals surface area contributed by atoms with Crippen molar-refractivity contribution >= 4 is 17.6 Å². The Morgan fingerprint density at radius 2 is 1.89 bits per heavy atom. The maximum atomic E-state index is 12.1. The number of nitro groups is 1. The number of amides is 1. The topological polar surface area (TPSA) is 101 Å². The van der Waals surface area contributed by atoms with Gasteiger partial charge in [0.1, 0.15) is 0 Å². The highest BCUT2D eigenvalue weighted by Crippen LogP contribution is 2.27. The number of aromatic carboxylic acids is 1. The molecule has 100 valence electrons. The Hall–Kier alpha value is -2.44. The lowest BCUT2D eigenvalue weighted by Gasteiger charge is -2.16. The van der Waals surface area contributed by atoms with Crippen molar-refractivity contribution in [3.8, 4) is 0 Å². The predicted molar refractivity (Wildman–Crippen MR) is 65.2 cm³/mol. The SMILES string of the molecule is CN(C(=O)c1cc(C(=O)O)cc([N+](=O)[O-])c1)C1CC1. The van der Waals surface area contributed by atoms with Gasteiger partial charge in [-0.25, -0.2) is 4.79 Å². The highest BCUT2D eigenvalue weighted by atomic mass is 16.6. The van der Waals surface area contributed by atoms with Crippen LogP contribution in [-0.2, 0) is 0 Å². The fourth-order valence-electron chi connectivity index (χ4n) is 1.79. The van der Waals surface area contributed by atoms with Crippen LogP contribution in [0, 0.1) is 10.1 Å². The Balaban J connectivity index is 2.40. The monoisotopic (exact) mass is 264 g/mol. The van der Waals surface area contributed by atoms with Crippen LogP contribution in [0.15, 0.2) is 18.2 Å². The van der Waals surface area contributed by atoms with E-state index in [1.807, 2.05) is 0 Å². The van der Waals surface area contributed by atoms with E-state index in [1.165, 1.54) is 4.90 Å². The minimum absolute atomic E-state index is 0.0287. The number of benzene rings is 1. The summed E-state index contributed by atoms with van der Waals surface area (Å²) in [6, 6.07) is 3.36. The molecule has 1 N–H and O–H groups in total. The Morgan fingerprint density at radius 1 is 1.32 bits per heavy atom. The molecule has 1 aliphatic rings. The third-order valence-electron chi connectivity index (χ3n) is 3.04. The first kappa shape index (κ1) is 13.0. The zero-order valence-electron chi connectivity index (χ0n) is 10.2. The maximum absolute atomic E-state index is 12.1. The number of carboxylic acids is 1. The molecule has 0 spiro atoms. The first-order valence-electron chi connectivity index (χ1n) is 5.70. The molecule has 7 nitrogen and oxygen atoms in total. The second-order valence-electron chi connectivity index (χ2n) is 4.48. The van der Waals surface area contributed by atoms with Crippen molar-refractivity contribution in [1.82, 2.24) is 4.90 Å². The molecule has 1 fully saturated rings. The van der Waals surface area contributed by atoms with Gasteiger partial charge in [-0.15, -0.1) is 0 Å². The molecule has 19 heavy (non-hydrogen) atoms. The van der Waals surface area contributed by atoms with Gasteiger partial charge in [0.2, 0.25) is 0 Å². The van der Waals surface area contributed by atoms with Crippen molar-refractivity contribution in [2.45, 2.75) is 18.9 Å². The average molecular weight is 264 g/mol. The van der Waals surface area contributed by atoms with Gasteiger partial charge in [0.15, 0.2) is 0 Å². The Kier molecular flexibility index (Phi) is 3.20. The quantitative estimate of drug-likeness (QED) is 0.656. The first-order chi connectivity index (χ1) is 8.90. The number of rotatable bonds is 4. The van der Waals surface area contributed by atoms with Crippen LogP contribution < -0.4 is 0 Å². The van der Waals surface area contributed by atoms with Gasteiger partial charge < -0.3 is 10.0 Å². The fraction of sp³-hybridized carbons (Fsp3) is 0.333. The largest absolute Gasteiger partial charge is 0.478 e. The van der Waals surface area contributed by atoms with Gasteiger partial charge in [-0.3, -0.25) is 14.9 Å². The number of non-ortho nitro benzene ring substituents is 1. The molecular formula is C12H12N2O5. The summed E-state index contributed by atoms with van der Waals surface area (Å²) in [4.78, 5) is 34.5. The molecule has 0 saturated heterocycles. The maximum Gasteiger partial charge on any atom is 0.335 e. The van der Waals surface area contributed by atoms with Crippen LogP contribution in [0.4, 0.5) is 5.69 Å². The van der Waals surface area contributed by atoms with Crippen LogP contribution in [0.25, 0.3) is 0 Å². The van der Waals surface area contributed by atoms with Gasteiger partial charge in [0.05, 0.1) is 10.5 Å². The number of carbonyl (C=O) groups is 2. The van der Waals surface area contributed by atoms with Crippen LogP contribution in [0.5, 0.6) is 0 Å². The van der Waals surface area contributed by atoms with Crippen LogP contribution >= 0.6 is 0 Å². The van der Waals surface area contributed by atoms with E-state index in [4.69, 9.17) is 5.11 Å². The summed E-state index contributed by atoms with van der Waals surface area (Å²) in [6.45, 7) is 0. The van der Waals surface area contributed by atoms with E-state index in [0.29, 0.717) is 0 Å². The average Bonchev–Trinajstić information content (AvgIpc) is 3.20. The molecule has 0 aromatic heterocycles. The highest BCUT2D eigenvalue weighted by Gasteiger charge is 2.31. The second-order valence-corrected chi connectivity index (χ2v) is 4.48. The van der Waals surface area contributed by atoms with Gasteiger partial charge in [-0.1, -0.05) is 0 Å². The van der Waals surface area contributed by atoms with Crippen molar-refractivity contribution in [2.75, 3.05) is 7.05 Å². The van der Waals surface area contributed by atoms with E-state index in [1.54, 1.807) is 7.05 Å². The summed E-state index contributed by atoms with van der Waals surface area (Å²) >= 11 is 0. The van der Waals surface area contributed by atoms with E-state index in [-0.39, 0.29) is 17.2 Å². The summed E-state index contributed by atoms with van der Waals surface area (Å²) in [5.41, 5.74) is -0.629. The highest BCUT2D eigenvalue weighted by molar-refractivity contribution is 5.98. The van der Waals surface area contributed by atoms with Crippen LogP contribution in [-0.4, -0.2) is 39.9 Å². The lowest BCUT2D eigenvalue weighted by Crippen LogP contribution is -2.29. The molecule has 0 atom stereocenters.